The molecule has 0 saturated carbocycles. The molecule has 170 valence electrons. The van der Waals surface area contributed by atoms with Crippen LogP contribution in [0.15, 0.2) is 12.2 Å². The average molecular weight is 414 g/mol. The van der Waals surface area contributed by atoms with Crippen LogP contribution in [-0.2, 0) is 9.59 Å². The molecule has 2 atom stereocenters. The summed E-state index contributed by atoms with van der Waals surface area (Å²) in [6.07, 6.45) is 13.2. The maximum absolute atomic E-state index is 12.5. The molecule has 0 fully saturated rings. The van der Waals surface area contributed by atoms with Crippen molar-refractivity contribution >= 4 is 11.8 Å². The molecule has 0 radical (unpaired) electrons. The molecule has 0 aliphatic rings. The molecule has 0 rings (SSSR count). The summed E-state index contributed by atoms with van der Waals surface area (Å²) in [5, 5.41) is 31.7. The molecule has 0 aliphatic carbocycles. The Balaban J connectivity index is 4.15. The van der Waals surface area contributed by atoms with E-state index in [4.69, 9.17) is 0 Å². The fourth-order valence-corrected chi connectivity index (χ4v) is 3.52. The zero-order chi connectivity index (χ0) is 22.3. The van der Waals surface area contributed by atoms with E-state index < -0.39 is 29.9 Å². The third-order valence-electron chi connectivity index (χ3n) is 4.91. The number of hydrogen-bond donors (Lipinski definition) is 2. The topological polar surface area (TPSA) is 97.7 Å². The Bertz CT molecular complexity index is 498. The van der Waals surface area contributed by atoms with Crippen LogP contribution >= 0.6 is 0 Å². The molecular weight excluding hydrogens is 370 g/mol. The Morgan fingerprint density at radius 2 is 1.55 bits per heavy atom. The molecule has 0 aromatic heterocycles. The lowest BCUT2D eigenvalue weighted by atomic mass is 9.88. The lowest BCUT2D eigenvalue weighted by molar-refractivity contribution is -0.875. The highest BCUT2D eigenvalue weighted by Crippen LogP contribution is 2.20. The monoisotopic (exact) mass is 413 g/mol. The van der Waals surface area contributed by atoms with Gasteiger partial charge in [-0.25, -0.2) is 0 Å². The van der Waals surface area contributed by atoms with E-state index in [9.17, 15) is 24.9 Å². The Morgan fingerprint density at radius 3 is 2.03 bits per heavy atom. The first-order valence-corrected chi connectivity index (χ1v) is 11.1. The average Bonchev–Trinajstić information content (AvgIpc) is 2.57. The molecule has 2 N–H and O–H groups in total. The third-order valence-corrected chi connectivity index (χ3v) is 4.91. The van der Waals surface area contributed by atoms with Crippen LogP contribution in [0.25, 0.3) is 0 Å². The van der Waals surface area contributed by atoms with Crippen LogP contribution < -0.4 is 5.11 Å². The van der Waals surface area contributed by atoms with Crippen molar-refractivity contribution in [2.45, 2.75) is 95.7 Å². The van der Waals surface area contributed by atoms with E-state index >= 15 is 0 Å². The number of nitrogens with zero attached hydrogens (tertiary/aromatic N) is 1. The van der Waals surface area contributed by atoms with E-state index in [1.807, 2.05) is 0 Å². The Morgan fingerprint density at radius 1 is 1.00 bits per heavy atom. The molecule has 6 nitrogen and oxygen atoms in total. The second-order valence-electron chi connectivity index (χ2n) is 9.27. The van der Waals surface area contributed by atoms with Gasteiger partial charge in [-0.2, -0.15) is 0 Å². The molecule has 29 heavy (non-hydrogen) atoms. The van der Waals surface area contributed by atoms with Gasteiger partial charge in [0.1, 0.15) is 6.54 Å². The van der Waals surface area contributed by atoms with Crippen LogP contribution in [0.4, 0.5) is 0 Å². The van der Waals surface area contributed by atoms with Gasteiger partial charge in [0.2, 0.25) is 0 Å². The van der Waals surface area contributed by atoms with Crippen LogP contribution in [0.2, 0.25) is 0 Å². The molecule has 0 amide bonds. The second kappa shape index (κ2) is 14.7. The summed E-state index contributed by atoms with van der Waals surface area (Å²) in [6, 6.07) is 0. The van der Waals surface area contributed by atoms with E-state index in [0.29, 0.717) is 6.42 Å². The van der Waals surface area contributed by atoms with Gasteiger partial charge in [0.05, 0.1) is 27.2 Å². The number of rotatable bonds is 18. The SMILES string of the molecule is CCCCCCC=CCCCCCC(O)CC(=O)C(O)(CC(=O)[O-])C[N+](C)(C)C. The predicted molar refractivity (Wildman–Crippen MR) is 114 cm³/mol. The number of aliphatic hydroxyl groups is 2. The number of Topliss-reactive ketones (excluding diaryl/α,β-unsaturated/α-hetero) is 1. The Kier molecular flexibility index (Phi) is 14.1. The molecule has 0 bridgehead atoms. The van der Waals surface area contributed by atoms with Crippen LogP contribution in [0.3, 0.4) is 0 Å². The summed E-state index contributed by atoms with van der Waals surface area (Å²) in [6.45, 7) is 2.17. The maximum Gasteiger partial charge on any atom is 0.177 e. The number of likely N-dealkylation sites (N-methyl/N-ethyl adjacent to an activating group) is 1. The van der Waals surface area contributed by atoms with Gasteiger partial charge in [-0.1, -0.05) is 51.2 Å². The van der Waals surface area contributed by atoms with E-state index in [-0.39, 0.29) is 17.4 Å². The van der Waals surface area contributed by atoms with Crippen LogP contribution in [0, 0.1) is 0 Å². The number of hydrogen-bond acceptors (Lipinski definition) is 5. The van der Waals surface area contributed by atoms with Crippen molar-refractivity contribution in [3.63, 3.8) is 0 Å². The van der Waals surface area contributed by atoms with Crippen molar-refractivity contribution in [2.75, 3.05) is 27.7 Å². The highest BCUT2D eigenvalue weighted by atomic mass is 16.4. The first kappa shape index (κ1) is 27.8. The minimum absolute atomic E-state index is 0.0443. The molecular formula is C23H43NO5. The number of carbonyl (C=O) groups excluding carboxylic acids is 2. The van der Waals surface area contributed by atoms with Crippen molar-refractivity contribution in [3.8, 4) is 0 Å². The summed E-state index contributed by atoms with van der Waals surface area (Å²) in [5.74, 6) is -2.10. The van der Waals surface area contributed by atoms with Gasteiger partial charge in [0, 0.05) is 18.8 Å². The van der Waals surface area contributed by atoms with Gasteiger partial charge < -0.3 is 24.6 Å². The molecule has 0 spiro atoms. The summed E-state index contributed by atoms with van der Waals surface area (Å²) in [5.41, 5.74) is -2.01. The van der Waals surface area contributed by atoms with Crippen LogP contribution in [0.5, 0.6) is 0 Å². The molecule has 6 heteroatoms. The van der Waals surface area contributed by atoms with Crippen molar-refractivity contribution in [1.82, 2.24) is 0 Å². The molecule has 0 aromatic rings. The lowest BCUT2D eigenvalue weighted by Crippen LogP contribution is -2.56. The number of unbranched alkanes of at least 4 members (excludes halogenated alkanes) is 7. The number of carboxylic acids is 1. The molecule has 0 aliphatic heterocycles. The fourth-order valence-electron chi connectivity index (χ4n) is 3.52. The summed E-state index contributed by atoms with van der Waals surface area (Å²) in [7, 11) is 5.30. The fraction of sp³-hybridized carbons (Fsp3) is 0.826. The minimum Gasteiger partial charge on any atom is -0.550 e. The smallest absolute Gasteiger partial charge is 0.177 e. The second-order valence-corrected chi connectivity index (χ2v) is 9.27. The van der Waals surface area contributed by atoms with Crippen LogP contribution in [0.1, 0.15) is 84.0 Å². The highest BCUT2D eigenvalue weighted by molar-refractivity contribution is 5.91. The van der Waals surface area contributed by atoms with Crippen molar-refractivity contribution in [3.05, 3.63) is 12.2 Å². The normalized spacial score (nSPS) is 15.4. The number of ketones is 1. The van der Waals surface area contributed by atoms with Gasteiger partial charge in [-0.15, -0.1) is 0 Å². The van der Waals surface area contributed by atoms with E-state index in [2.05, 4.69) is 19.1 Å². The lowest BCUT2D eigenvalue weighted by Gasteiger charge is -2.35. The number of carboxylic acid groups (broad SMARTS) is 1. The summed E-state index contributed by atoms with van der Waals surface area (Å²) in [4.78, 5) is 23.4. The standard InChI is InChI=1S/C23H43NO5/c1-5-6-7-8-9-10-11-12-13-14-15-16-20(25)17-21(26)23(29,18-22(27)28)19-24(2,3)4/h10-11,20,25,29H,5-9,12-19H2,1-4H3. The Labute approximate surface area is 177 Å². The van der Waals surface area contributed by atoms with E-state index in [1.165, 1.54) is 25.7 Å². The van der Waals surface area contributed by atoms with Gasteiger partial charge in [0.25, 0.3) is 0 Å². The van der Waals surface area contributed by atoms with Gasteiger partial charge >= 0.3 is 0 Å². The quantitative estimate of drug-likeness (QED) is 0.204. The Hall–Kier alpha value is -1.24. The minimum atomic E-state index is -2.01. The molecule has 0 aromatic carbocycles. The number of carbonyl (C=O) groups is 2. The first-order valence-electron chi connectivity index (χ1n) is 11.1. The molecule has 2 unspecified atom stereocenters. The predicted octanol–water partition coefficient (Wildman–Crippen LogP) is 2.36. The van der Waals surface area contributed by atoms with Gasteiger partial charge in [-0.3, -0.25) is 4.79 Å². The number of allylic oxidation sites excluding steroid dienone is 2. The number of quaternary nitrogens is 1. The number of aliphatic carboxylic acids is 1. The zero-order valence-electron chi connectivity index (χ0n) is 19.0. The maximum atomic E-state index is 12.5. The molecule has 0 saturated heterocycles. The van der Waals surface area contributed by atoms with Gasteiger partial charge in [-0.05, 0) is 32.1 Å². The third kappa shape index (κ3) is 15.3. The molecule has 0 heterocycles. The van der Waals surface area contributed by atoms with Crippen molar-refractivity contribution in [2.24, 2.45) is 0 Å². The van der Waals surface area contributed by atoms with Gasteiger partial charge in [0.15, 0.2) is 11.4 Å². The van der Waals surface area contributed by atoms with E-state index in [0.717, 1.165) is 32.1 Å². The van der Waals surface area contributed by atoms with Crippen molar-refractivity contribution in [1.29, 1.82) is 0 Å². The summed E-state index contributed by atoms with van der Waals surface area (Å²) >= 11 is 0. The number of aliphatic hydroxyl groups excluding tert-OH is 1. The highest BCUT2D eigenvalue weighted by Gasteiger charge is 2.41. The van der Waals surface area contributed by atoms with E-state index in [1.54, 1.807) is 21.1 Å². The van der Waals surface area contributed by atoms with Crippen LogP contribution in [-0.4, -0.2) is 65.8 Å². The summed E-state index contributed by atoms with van der Waals surface area (Å²) < 4.78 is 0.234. The first-order chi connectivity index (χ1) is 13.5. The van der Waals surface area contributed by atoms with Crippen molar-refractivity contribution < 1.29 is 29.4 Å². The zero-order valence-corrected chi connectivity index (χ0v) is 19.0. The largest absolute Gasteiger partial charge is 0.550 e.